The second-order valence-corrected chi connectivity index (χ2v) is 6.80. The molecular formula is C18H23N5O3. The SMILES string of the molecule is Cc1cc(CN(C)C(=O)Cn2cccc(C(=O)NCC3CC3)c2=O)n[nH]1. The summed E-state index contributed by atoms with van der Waals surface area (Å²) in [7, 11) is 1.66. The minimum Gasteiger partial charge on any atom is -0.352 e. The Bertz CT molecular complexity index is 866. The van der Waals surface area contributed by atoms with Crippen LogP contribution in [0.2, 0.25) is 0 Å². The van der Waals surface area contributed by atoms with Gasteiger partial charge in [0.05, 0.1) is 12.2 Å². The molecule has 0 unspecified atom stereocenters. The minimum atomic E-state index is -0.460. The number of likely N-dealkylation sites (N-methyl/N-ethyl adjacent to an activating group) is 1. The van der Waals surface area contributed by atoms with Gasteiger partial charge in [0, 0.05) is 25.5 Å². The Morgan fingerprint density at radius 3 is 2.85 bits per heavy atom. The van der Waals surface area contributed by atoms with Crippen molar-refractivity contribution in [3.05, 3.63) is 51.7 Å². The van der Waals surface area contributed by atoms with Crippen LogP contribution in [0.15, 0.2) is 29.2 Å². The number of aromatic amines is 1. The molecule has 1 aliphatic carbocycles. The van der Waals surface area contributed by atoms with Gasteiger partial charge in [-0.25, -0.2) is 0 Å². The lowest BCUT2D eigenvalue weighted by molar-refractivity contribution is -0.131. The second kappa shape index (κ2) is 7.55. The van der Waals surface area contributed by atoms with Crippen molar-refractivity contribution in [3.63, 3.8) is 0 Å². The third kappa shape index (κ3) is 4.38. The highest BCUT2D eigenvalue weighted by Crippen LogP contribution is 2.27. The Hall–Kier alpha value is -2.90. The van der Waals surface area contributed by atoms with Crippen LogP contribution < -0.4 is 10.9 Å². The smallest absolute Gasteiger partial charge is 0.263 e. The van der Waals surface area contributed by atoms with Gasteiger partial charge in [-0.1, -0.05) is 0 Å². The van der Waals surface area contributed by atoms with Gasteiger partial charge in [-0.2, -0.15) is 5.10 Å². The minimum absolute atomic E-state index is 0.0616. The highest BCUT2D eigenvalue weighted by molar-refractivity contribution is 5.93. The lowest BCUT2D eigenvalue weighted by Gasteiger charge is -2.17. The monoisotopic (exact) mass is 357 g/mol. The van der Waals surface area contributed by atoms with E-state index < -0.39 is 5.56 Å². The Morgan fingerprint density at radius 2 is 2.19 bits per heavy atom. The van der Waals surface area contributed by atoms with Crippen molar-refractivity contribution in [3.8, 4) is 0 Å². The fourth-order valence-electron chi connectivity index (χ4n) is 2.64. The molecule has 0 spiro atoms. The zero-order chi connectivity index (χ0) is 18.7. The van der Waals surface area contributed by atoms with E-state index >= 15 is 0 Å². The largest absolute Gasteiger partial charge is 0.352 e. The number of pyridine rings is 1. The number of rotatable bonds is 7. The van der Waals surface area contributed by atoms with Gasteiger partial charge in [-0.3, -0.25) is 19.5 Å². The molecule has 2 N–H and O–H groups in total. The number of H-pyrrole nitrogens is 1. The molecule has 2 aromatic heterocycles. The molecule has 2 amide bonds. The maximum Gasteiger partial charge on any atom is 0.263 e. The van der Waals surface area contributed by atoms with Gasteiger partial charge in [0.1, 0.15) is 12.1 Å². The van der Waals surface area contributed by atoms with Crippen LogP contribution in [0.25, 0.3) is 0 Å². The number of carbonyl (C=O) groups is 2. The topological polar surface area (TPSA) is 100 Å². The molecule has 8 heteroatoms. The van der Waals surface area contributed by atoms with Crippen molar-refractivity contribution in [1.82, 2.24) is 25.0 Å². The number of nitrogens with one attached hydrogen (secondary N) is 2. The fourth-order valence-corrected chi connectivity index (χ4v) is 2.64. The van der Waals surface area contributed by atoms with Crippen LogP contribution in [-0.4, -0.2) is 45.1 Å². The van der Waals surface area contributed by atoms with E-state index in [9.17, 15) is 14.4 Å². The first kappa shape index (κ1) is 17.9. The van der Waals surface area contributed by atoms with Crippen LogP contribution in [0.4, 0.5) is 0 Å². The molecule has 0 atom stereocenters. The van der Waals surface area contributed by atoms with Crippen molar-refractivity contribution in [2.75, 3.05) is 13.6 Å². The number of hydrogen-bond acceptors (Lipinski definition) is 4. The number of nitrogens with zero attached hydrogens (tertiary/aromatic N) is 3. The number of amides is 2. The molecule has 26 heavy (non-hydrogen) atoms. The molecule has 0 saturated heterocycles. The van der Waals surface area contributed by atoms with Gasteiger partial charge in [0.15, 0.2) is 0 Å². The highest BCUT2D eigenvalue weighted by atomic mass is 16.2. The highest BCUT2D eigenvalue weighted by Gasteiger charge is 2.23. The van der Waals surface area contributed by atoms with Crippen LogP contribution in [-0.2, 0) is 17.9 Å². The number of carbonyl (C=O) groups excluding carboxylic acids is 2. The summed E-state index contributed by atoms with van der Waals surface area (Å²) >= 11 is 0. The third-order valence-electron chi connectivity index (χ3n) is 4.40. The lowest BCUT2D eigenvalue weighted by atomic mass is 10.2. The predicted molar refractivity (Wildman–Crippen MR) is 95.6 cm³/mol. The van der Waals surface area contributed by atoms with Crippen molar-refractivity contribution in [1.29, 1.82) is 0 Å². The number of aromatic nitrogens is 3. The van der Waals surface area contributed by atoms with Gasteiger partial charge in [-0.05, 0) is 43.9 Å². The maximum absolute atomic E-state index is 12.5. The van der Waals surface area contributed by atoms with Crippen LogP contribution in [0.3, 0.4) is 0 Å². The molecule has 0 aromatic carbocycles. The predicted octanol–water partition coefficient (Wildman–Crippen LogP) is 0.678. The first-order valence-corrected chi connectivity index (χ1v) is 8.66. The quantitative estimate of drug-likeness (QED) is 0.761. The van der Waals surface area contributed by atoms with Gasteiger partial charge >= 0.3 is 0 Å². The molecule has 1 aliphatic rings. The number of aryl methyl sites for hydroxylation is 1. The Labute approximate surface area is 151 Å². The molecule has 0 bridgehead atoms. The van der Waals surface area contributed by atoms with Crippen LogP contribution in [0.5, 0.6) is 0 Å². The van der Waals surface area contributed by atoms with E-state index in [1.807, 2.05) is 13.0 Å². The molecule has 1 saturated carbocycles. The summed E-state index contributed by atoms with van der Waals surface area (Å²) in [6.07, 6.45) is 3.76. The summed E-state index contributed by atoms with van der Waals surface area (Å²) in [5, 5.41) is 9.71. The third-order valence-corrected chi connectivity index (χ3v) is 4.40. The summed E-state index contributed by atoms with van der Waals surface area (Å²) in [5.41, 5.74) is 1.27. The average molecular weight is 357 g/mol. The molecule has 2 aromatic rings. The molecule has 0 aliphatic heterocycles. The second-order valence-electron chi connectivity index (χ2n) is 6.80. The van der Waals surface area contributed by atoms with Crippen LogP contribution >= 0.6 is 0 Å². The van der Waals surface area contributed by atoms with E-state index in [-0.39, 0.29) is 23.9 Å². The summed E-state index contributed by atoms with van der Waals surface area (Å²) in [6.45, 7) is 2.71. The first-order chi connectivity index (χ1) is 12.4. The molecule has 3 rings (SSSR count). The Balaban J connectivity index is 1.64. The zero-order valence-corrected chi connectivity index (χ0v) is 15.0. The molecule has 1 fully saturated rings. The molecule has 8 nitrogen and oxygen atoms in total. The summed E-state index contributed by atoms with van der Waals surface area (Å²) in [4.78, 5) is 38.6. The fraction of sp³-hybridized carbons (Fsp3) is 0.444. The van der Waals surface area contributed by atoms with Crippen LogP contribution in [0, 0.1) is 12.8 Å². The van der Waals surface area contributed by atoms with E-state index in [1.165, 1.54) is 21.7 Å². The molecule has 0 radical (unpaired) electrons. The lowest BCUT2D eigenvalue weighted by Crippen LogP contribution is -2.37. The summed E-state index contributed by atoms with van der Waals surface area (Å²) in [6, 6.07) is 4.96. The Kier molecular flexibility index (Phi) is 5.20. The summed E-state index contributed by atoms with van der Waals surface area (Å²) in [5.74, 6) is -0.0851. The first-order valence-electron chi connectivity index (χ1n) is 8.66. The van der Waals surface area contributed by atoms with Crippen molar-refractivity contribution in [2.24, 2.45) is 5.92 Å². The van der Waals surface area contributed by atoms with Gasteiger partial charge in [-0.15, -0.1) is 0 Å². The molecule has 138 valence electrons. The van der Waals surface area contributed by atoms with E-state index in [2.05, 4.69) is 15.5 Å². The van der Waals surface area contributed by atoms with Crippen molar-refractivity contribution >= 4 is 11.8 Å². The average Bonchev–Trinajstić information content (AvgIpc) is 3.35. The maximum atomic E-state index is 12.5. The number of hydrogen-bond donors (Lipinski definition) is 2. The zero-order valence-electron chi connectivity index (χ0n) is 15.0. The van der Waals surface area contributed by atoms with Crippen LogP contribution in [0.1, 0.15) is 34.6 Å². The van der Waals surface area contributed by atoms with E-state index in [1.54, 1.807) is 13.1 Å². The summed E-state index contributed by atoms with van der Waals surface area (Å²) < 4.78 is 1.26. The van der Waals surface area contributed by atoms with E-state index in [0.29, 0.717) is 19.0 Å². The van der Waals surface area contributed by atoms with Gasteiger partial charge in [0.25, 0.3) is 11.5 Å². The van der Waals surface area contributed by atoms with Gasteiger partial charge < -0.3 is 14.8 Å². The molecular weight excluding hydrogens is 334 g/mol. The standard InChI is InChI=1S/C18H23N5O3/c1-12-8-14(21-20-12)10-22(2)16(24)11-23-7-3-4-15(18(23)26)17(25)19-9-13-5-6-13/h3-4,7-8,13H,5-6,9-11H2,1-2H3,(H,19,25)(H,20,21). The van der Waals surface area contributed by atoms with Gasteiger partial charge in [0.2, 0.25) is 5.91 Å². The Morgan fingerprint density at radius 1 is 1.42 bits per heavy atom. The van der Waals surface area contributed by atoms with E-state index in [0.717, 1.165) is 24.2 Å². The van der Waals surface area contributed by atoms with Crippen molar-refractivity contribution in [2.45, 2.75) is 32.9 Å². The normalized spacial score (nSPS) is 13.5. The van der Waals surface area contributed by atoms with Crippen molar-refractivity contribution < 1.29 is 9.59 Å². The van der Waals surface area contributed by atoms with E-state index in [4.69, 9.17) is 0 Å². The molecule has 2 heterocycles.